The Labute approximate surface area is 110 Å². The zero-order valence-electron chi connectivity index (χ0n) is 12.4. The molecule has 0 aliphatic carbocycles. The van der Waals surface area contributed by atoms with Crippen LogP contribution in [0.4, 0.5) is 0 Å². The predicted octanol–water partition coefficient (Wildman–Crippen LogP) is 2.66. The lowest BCUT2D eigenvalue weighted by atomic mass is 9.77. The molecule has 0 aromatic rings. The smallest absolute Gasteiger partial charge is 0.329 e. The third-order valence-corrected chi connectivity index (χ3v) is 4.23. The van der Waals surface area contributed by atoms with Crippen LogP contribution >= 0.6 is 0 Å². The second-order valence-electron chi connectivity index (χ2n) is 5.70. The largest absolute Gasteiger partial charge is 0.344 e. The number of hydrogen-bond acceptors (Lipinski definition) is 4. The molecule has 4 nitrogen and oxygen atoms in total. The average Bonchev–Trinajstić information content (AvgIpc) is 2.32. The molecule has 1 aliphatic heterocycles. The summed E-state index contributed by atoms with van der Waals surface area (Å²) in [6, 6.07) is 0. The van der Waals surface area contributed by atoms with Crippen molar-refractivity contribution in [1.29, 1.82) is 0 Å². The standard InChI is InChI=1S/C14H26N2O2/c1-7-13(5)9-12(15-18-11(4)17)10(3)14(6,8-2)16-13/h15-16H,7-9H2,1-6H3. The highest BCUT2D eigenvalue weighted by Crippen LogP contribution is 2.35. The zero-order chi connectivity index (χ0) is 14.0. The molecule has 0 amide bonds. The van der Waals surface area contributed by atoms with Gasteiger partial charge < -0.3 is 10.2 Å². The van der Waals surface area contributed by atoms with E-state index in [0.29, 0.717) is 0 Å². The van der Waals surface area contributed by atoms with E-state index < -0.39 is 0 Å². The second-order valence-corrected chi connectivity index (χ2v) is 5.70. The fourth-order valence-corrected chi connectivity index (χ4v) is 2.47. The molecule has 104 valence electrons. The maximum Gasteiger partial charge on any atom is 0.329 e. The monoisotopic (exact) mass is 254 g/mol. The summed E-state index contributed by atoms with van der Waals surface area (Å²) in [4.78, 5) is 15.9. The topological polar surface area (TPSA) is 50.4 Å². The first kappa shape index (κ1) is 15.0. The molecule has 0 aromatic carbocycles. The van der Waals surface area contributed by atoms with Crippen molar-refractivity contribution in [2.75, 3.05) is 0 Å². The van der Waals surface area contributed by atoms with E-state index in [1.165, 1.54) is 12.5 Å². The van der Waals surface area contributed by atoms with Gasteiger partial charge in [0.05, 0.1) is 5.70 Å². The van der Waals surface area contributed by atoms with Gasteiger partial charge in [0.25, 0.3) is 0 Å². The number of nitrogens with one attached hydrogen (secondary N) is 2. The van der Waals surface area contributed by atoms with Crippen LogP contribution in [-0.4, -0.2) is 17.0 Å². The molecular formula is C14H26N2O2. The molecular weight excluding hydrogens is 228 g/mol. The van der Waals surface area contributed by atoms with Gasteiger partial charge in [0.15, 0.2) is 0 Å². The summed E-state index contributed by atoms with van der Waals surface area (Å²) in [5.41, 5.74) is 5.07. The van der Waals surface area contributed by atoms with E-state index in [0.717, 1.165) is 25.0 Å². The number of carbonyl (C=O) groups excluding carboxylic acids is 1. The van der Waals surface area contributed by atoms with Crippen LogP contribution < -0.4 is 10.8 Å². The maximum absolute atomic E-state index is 10.9. The molecule has 1 aliphatic rings. The van der Waals surface area contributed by atoms with Crippen LogP contribution in [-0.2, 0) is 9.63 Å². The van der Waals surface area contributed by atoms with Gasteiger partial charge in [-0.05, 0) is 39.2 Å². The molecule has 2 atom stereocenters. The molecule has 2 N–H and O–H groups in total. The highest BCUT2D eigenvalue weighted by Gasteiger charge is 2.40. The SMILES string of the molecule is CCC1(C)CC(NOC(C)=O)=C(C)C(C)(CC)N1. The van der Waals surface area contributed by atoms with Gasteiger partial charge in [-0.1, -0.05) is 13.8 Å². The van der Waals surface area contributed by atoms with Crippen molar-refractivity contribution in [2.24, 2.45) is 0 Å². The first-order valence-corrected chi connectivity index (χ1v) is 6.69. The summed E-state index contributed by atoms with van der Waals surface area (Å²) < 4.78 is 0. The van der Waals surface area contributed by atoms with E-state index in [1.54, 1.807) is 0 Å². The minimum atomic E-state index is -0.315. The van der Waals surface area contributed by atoms with E-state index in [2.05, 4.69) is 45.4 Å². The van der Waals surface area contributed by atoms with Crippen LogP contribution in [0.2, 0.25) is 0 Å². The molecule has 4 heteroatoms. The Morgan fingerprint density at radius 3 is 2.44 bits per heavy atom. The molecule has 1 heterocycles. The summed E-state index contributed by atoms with van der Waals surface area (Å²) in [6.45, 7) is 12.3. The van der Waals surface area contributed by atoms with Gasteiger partial charge in [0.2, 0.25) is 0 Å². The summed E-state index contributed by atoms with van der Waals surface area (Å²) >= 11 is 0. The third kappa shape index (κ3) is 3.05. The van der Waals surface area contributed by atoms with Crippen LogP contribution in [0.15, 0.2) is 11.3 Å². The first-order valence-electron chi connectivity index (χ1n) is 6.69. The third-order valence-electron chi connectivity index (χ3n) is 4.23. The maximum atomic E-state index is 10.9. The average molecular weight is 254 g/mol. The van der Waals surface area contributed by atoms with Gasteiger partial charge in [0.1, 0.15) is 0 Å². The minimum Gasteiger partial charge on any atom is -0.344 e. The lowest BCUT2D eigenvalue weighted by Gasteiger charge is -2.47. The van der Waals surface area contributed by atoms with Crippen molar-refractivity contribution in [3.63, 3.8) is 0 Å². The predicted molar refractivity (Wildman–Crippen MR) is 72.7 cm³/mol. The minimum absolute atomic E-state index is 0.0345. The Hall–Kier alpha value is -1.03. The lowest BCUT2D eigenvalue weighted by Crippen LogP contribution is -2.59. The number of carbonyl (C=O) groups is 1. The summed E-state index contributed by atoms with van der Waals surface area (Å²) in [5.74, 6) is -0.315. The van der Waals surface area contributed by atoms with Crippen LogP contribution in [0.5, 0.6) is 0 Å². The van der Waals surface area contributed by atoms with Gasteiger partial charge in [-0.3, -0.25) is 4.79 Å². The Balaban J connectivity index is 3.02. The van der Waals surface area contributed by atoms with Crippen LogP contribution in [0.1, 0.15) is 60.8 Å². The van der Waals surface area contributed by atoms with Gasteiger partial charge in [-0.25, -0.2) is 5.48 Å². The molecule has 0 saturated heterocycles. The van der Waals surface area contributed by atoms with E-state index in [9.17, 15) is 4.79 Å². The van der Waals surface area contributed by atoms with Gasteiger partial charge in [-0.15, -0.1) is 0 Å². The first-order chi connectivity index (χ1) is 8.26. The molecule has 18 heavy (non-hydrogen) atoms. The van der Waals surface area contributed by atoms with Crippen molar-refractivity contribution < 1.29 is 9.63 Å². The summed E-state index contributed by atoms with van der Waals surface area (Å²) in [6.07, 6.45) is 2.87. The highest BCUT2D eigenvalue weighted by atomic mass is 16.7. The quantitative estimate of drug-likeness (QED) is 0.757. The van der Waals surface area contributed by atoms with E-state index >= 15 is 0 Å². The van der Waals surface area contributed by atoms with Crippen molar-refractivity contribution >= 4 is 5.97 Å². The molecule has 0 aromatic heterocycles. The van der Waals surface area contributed by atoms with E-state index in [1.807, 2.05) is 0 Å². The van der Waals surface area contributed by atoms with Gasteiger partial charge in [0, 0.05) is 24.4 Å². The van der Waals surface area contributed by atoms with Crippen molar-refractivity contribution in [3.8, 4) is 0 Å². The zero-order valence-corrected chi connectivity index (χ0v) is 12.4. The Bertz CT molecular complexity index is 365. The number of hydroxylamine groups is 1. The second kappa shape index (κ2) is 5.31. The normalized spacial score (nSPS) is 32.3. The van der Waals surface area contributed by atoms with E-state index in [4.69, 9.17) is 4.84 Å². The molecule has 0 saturated carbocycles. The molecule has 2 unspecified atom stereocenters. The van der Waals surface area contributed by atoms with Gasteiger partial charge >= 0.3 is 5.97 Å². The lowest BCUT2D eigenvalue weighted by molar-refractivity contribution is -0.147. The van der Waals surface area contributed by atoms with Crippen LogP contribution in [0.25, 0.3) is 0 Å². The van der Waals surface area contributed by atoms with Crippen LogP contribution in [0, 0.1) is 0 Å². The van der Waals surface area contributed by atoms with Crippen molar-refractivity contribution in [2.45, 2.75) is 71.9 Å². The van der Waals surface area contributed by atoms with Crippen LogP contribution in [0.3, 0.4) is 0 Å². The molecule has 1 rings (SSSR count). The van der Waals surface area contributed by atoms with E-state index in [-0.39, 0.29) is 17.0 Å². The fourth-order valence-electron chi connectivity index (χ4n) is 2.47. The molecule has 0 fully saturated rings. The Morgan fingerprint density at radius 2 is 2.00 bits per heavy atom. The summed E-state index contributed by atoms with van der Waals surface area (Å²) in [7, 11) is 0. The van der Waals surface area contributed by atoms with Crippen molar-refractivity contribution in [1.82, 2.24) is 10.8 Å². The van der Waals surface area contributed by atoms with Crippen molar-refractivity contribution in [3.05, 3.63) is 11.3 Å². The number of hydrogen-bond donors (Lipinski definition) is 2. The molecule has 0 bridgehead atoms. The van der Waals surface area contributed by atoms with Gasteiger partial charge in [-0.2, -0.15) is 0 Å². The Morgan fingerprint density at radius 1 is 1.39 bits per heavy atom. The molecule has 0 radical (unpaired) electrons. The fraction of sp³-hybridized carbons (Fsp3) is 0.786. The molecule has 0 spiro atoms. The Kier molecular flexibility index (Phi) is 4.43. The highest BCUT2D eigenvalue weighted by molar-refractivity contribution is 5.65. The number of rotatable bonds is 4. The summed E-state index contributed by atoms with van der Waals surface area (Å²) in [5, 5.41) is 3.73.